The zero-order valence-electron chi connectivity index (χ0n) is 14.7. The van der Waals surface area contributed by atoms with Gasteiger partial charge in [0, 0.05) is 61.5 Å². The molecule has 0 unspecified atom stereocenters. The molecule has 2 aromatic heterocycles. The number of pyridine rings is 1. The van der Waals surface area contributed by atoms with Crippen molar-refractivity contribution in [3.63, 3.8) is 0 Å². The van der Waals surface area contributed by atoms with Crippen molar-refractivity contribution in [3.8, 4) is 0 Å². The van der Waals surface area contributed by atoms with E-state index in [9.17, 15) is 0 Å². The molecule has 2 aliphatic rings. The van der Waals surface area contributed by atoms with Crippen LogP contribution in [0.25, 0.3) is 0 Å². The van der Waals surface area contributed by atoms with Gasteiger partial charge < -0.3 is 4.74 Å². The third-order valence-electron chi connectivity index (χ3n) is 5.31. The number of morpholine rings is 1. The minimum atomic E-state index is 0.102. The third kappa shape index (κ3) is 4.22. The predicted octanol–water partition coefficient (Wildman–Crippen LogP) is 3.49. The van der Waals surface area contributed by atoms with Gasteiger partial charge in [0.05, 0.1) is 12.7 Å². The standard InChI is InChI=1S/C20H26N4O/c1-2-5-17(6-3-1)20-22-11-16(12-23-20)14-24-9-10-25-19(15-24)18-7-4-8-21-13-18/h4,7-8,11-13,17,19H,1-3,5-6,9-10,14-15H2/t19-/m0/s1. The van der Waals surface area contributed by atoms with Gasteiger partial charge in [-0.25, -0.2) is 9.97 Å². The van der Waals surface area contributed by atoms with Gasteiger partial charge in [-0.2, -0.15) is 0 Å². The molecule has 2 fully saturated rings. The van der Waals surface area contributed by atoms with Crippen molar-refractivity contribution in [2.75, 3.05) is 19.7 Å². The number of rotatable bonds is 4. The van der Waals surface area contributed by atoms with Crippen molar-refractivity contribution in [1.82, 2.24) is 19.9 Å². The molecule has 0 amide bonds. The van der Waals surface area contributed by atoms with Gasteiger partial charge in [-0.3, -0.25) is 9.88 Å². The van der Waals surface area contributed by atoms with Crippen molar-refractivity contribution in [1.29, 1.82) is 0 Å². The maximum Gasteiger partial charge on any atom is 0.131 e. The summed E-state index contributed by atoms with van der Waals surface area (Å²) in [6.07, 6.45) is 14.3. The van der Waals surface area contributed by atoms with Crippen LogP contribution in [0.3, 0.4) is 0 Å². The van der Waals surface area contributed by atoms with Crippen molar-refractivity contribution in [3.05, 3.63) is 53.9 Å². The summed E-state index contributed by atoms with van der Waals surface area (Å²) in [5, 5.41) is 0. The van der Waals surface area contributed by atoms with E-state index in [0.717, 1.165) is 37.6 Å². The molecular formula is C20H26N4O. The molecule has 4 rings (SSSR count). The molecule has 1 atom stereocenters. The fourth-order valence-corrected chi connectivity index (χ4v) is 3.89. The van der Waals surface area contributed by atoms with Gasteiger partial charge in [0.2, 0.25) is 0 Å². The van der Waals surface area contributed by atoms with Crippen molar-refractivity contribution in [2.45, 2.75) is 50.7 Å². The van der Waals surface area contributed by atoms with Gasteiger partial charge >= 0.3 is 0 Å². The second-order valence-electron chi connectivity index (χ2n) is 7.17. The number of ether oxygens (including phenoxy) is 1. The number of hydrogen-bond donors (Lipinski definition) is 0. The smallest absolute Gasteiger partial charge is 0.131 e. The van der Waals surface area contributed by atoms with Crippen LogP contribution in [0.4, 0.5) is 0 Å². The Morgan fingerprint density at radius 1 is 1.08 bits per heavy atom. The molecule has 0 radical (unpaired) electrons. The molecule has 1 aliphatic heterocycles. The Balaban J connectivity index is 1.36. The molecule has 3 heterocycles. The van der Waals surface area contributed by atoms with Gasteiger partial charge in [-0.1, -0.05) is 25.3 Å². The van der Waals surface area contributed by atoms with Gasteiger partial charge in [0.1, 0.15) is 5.82 Å². The molecule has 132 valence electrons. The van der Waals surface area contributed by atoms with E-state index in [1.165, 1.54) is 37.7 Å². The van der Waals surface area contributed by atoms with Crippen LogP contribution in [0.15, 0.2) is 36.9 Å². The molecule has 1 saturated heterocycles. The molecule has 25 heavy (non-hydrogen) atoms. The molecule has 2 aromatic rings. The van der Waals surface area contributed by atoms with E-state index in [1.807, 2.05) is 24.7 Å². The molecule has 0 spiro atoms. The highest BCUT2D eigenvalue weighted by atomic mass is 16.5. The first-order valence-electron chi connectivity index (χ1n) is 9.43. The fraction of sp³-hybridized carbons (Fsp3) is 0.550. The van der Waals surface area contributed by atoms with Gasteiger partial charge in [-0.15, -0.1) is 0 Å². The SMILES string of the molecule is c1cncc([C@@H]2CN(Cc3cnc(C4CCCCC4)nc3)CCO2)c1. The summed E-state index contributed by atoms with van der Waals surface area (Å²) in [6.45, 7) is 3.46. The van der Waals surface area contributed by atoms with Gasteiger partial charge in [-0.05, 0) is 18.9 Å². The molecule has 5 heteroatoms. The van der Waals surface area contributed by atoms with Crippen LogP contribution in [0.1, 0.15) is 61.1 Å². The van der Waals surface area contributed by atoms with Crippen LogP contribution < -0.4 is 0 Å². The van der Waals surface area contributed by atoms with Crippen molar-refractivity contribution >= 4 is 0 Å². The molecule has 0 N–H and O–H groups in total. The highest BCUT2D eigenvalue weighted by Gasteiger charge is 2.23. The Kier molecular flexibility index (Phi) is 5.33. The predicted molar refractivity (Wildman–Crippen MR) is 96.1 cm³/mol. The Morgan fingerprint density at radius 2 is 1.92 bits per heavy atom. The topological polar surface area (TPSA) is 51.1 Å². The first kappa shape index (κ1) is 16.6. The Hall–Kier alpha value is -1.85. The minimum absolute atomic E-state index is 0.102. The maximum absolute atomic E-state index is 5.92. The number of aromatic nitrogens is 3. The van der Waals surface area contributed by atoms with Crippen LogP contribution >= 0.6 is 0 Å². The van der Waals surface area contributed by atoms with Crippen LogP contribution in [-0.4, -0.2) is 39.5 Å². The van der Waals surface area contributed by atoms with E-state index in [4.69, 9.17) is 4.74 Å². The van der Waals surface area contributed by atoms with E-state index in [0.29, 0.717) is 5.92 Å². The molecule has 5 nitrogen and oxygen atoms in total. The van der Waals surface area contributed by atoms with E-state index < -0.39 is 0 Å². The van der Waals surface area contributed by atoms with Crippen molar-refractivity contribution < 1.29 is 4.74 Å². The lowest BCUT2D eigenvalue weighted by Gasteiger charge is -2.33. The number of hydrogen-bond acceptors (Lipinski definition) is 5. The first-order chi connectivity index (χ1) is 12.4. The average molecular weight is 338 g/mol. The van der Waals surface area contributed by atoms with Crippen LogP contribution in [0.2, 0.25) is 0 Å². The zero-order valence-corrected chi connectivity index (χ0v) is 14.7. The maximum atomic E-state index is 5.92. The molecular weight excluding hydrogens is 312 g/mol. The lowest BCUT2D eigenvalue weighted by Crippen LogP contribution is -2.37. The quantitative estimate of drug-likeness (QED) is 0.854. The zero-order chi connectivity index (χ0) is 16.9. The largest absolute Gasteiger partial charge is 0.371 e. The second-order valence-corrected chi connectivity index (χ2v) is 7.17. The normalized spacial score (nSPS) is 22.8. The summed E-state index contributed by atoms with van der Waals surface area (Å²) in [6, 6.07) is 4.05. The highest BCUT2D eigenvalue weighted by Crippen LogP contribution is 2.30. The van der Waals surface area contributed by atoms with Crippen LogP contribution in [0.5, 0.6) is 0 Å². The van der Waals surface area contributed by atoms with Crippen LogP contribution in [-0.2, 0) is 11.3 Å². The van der Waals surface area contributed by atoms with E-state index in [1.54, 1.807) is 6.20 Å². The number of nitrogens with zero attached hydrogens (tertiary/aromatic N) is 4. The Bertz CT molecular complexity index is 655. The Morgan fingerprint density at radius 3 is 2.68 bits per heavy atom. The summed E-state index contributed by atoms with van der Waals surface area (Å²) in [5.74, 6) is 1.61. The molecule has 0 bridgehead atoms. The summed E-state index contributed by atoms with van der Waals surface area (Å²) >= 11 is 0. The average Bonchev–Trinajstić information content (AvgIpc) is 2.70. The third-order valence-corrected chi connectivity index (χ3v) is 5.31. The van der Waals surface area contributed by atoms with E-state index in [2.05, 4.69) is 25.9 Å². The van der Waals surface area contributed by atoms with Gasteiger partial charge in [0.25, 0.3) is 0 Å². The minimum Gasteiger partial charge on any atom is -0.371 e. The van der Waals surface area contributed by atoms with Gasteiger partial charge in [0.15, 0.2) is 0 Å². The first-order valence-corrected chi connectivity index (χ1v) is 9.43. The molecule has 0 aromatic carbocycles. The van der Waals surface area contributed by atoms with Crippen LogP contribution in [0, 0.1) is 0 Å². The summed E-state index contributed by atoms with van der Waals surface area (Å²) < 4.78 is 5.92. The monoisotopic (exact) mass is 338 g/mol. The second kappa shape index (κ2) is 8.02. The van der Waals surface area contributed by atoms with E-state index in [-0.39, 0.29) is 6.10 Å². The molecule has 1 aliphatic carbocycles. The lowest BCUT2D eigenvalue weighted by atomic mass is 9.89. The molecule has 1 saturated carbocycles. The summed E-state index contributed by atoms with van der Waals surface area (Å²) in [4.78, 5) is 16.0. The summed E-state index contributed by atoms with van der Waals surface area (Å²) in [5.41, 5.74) is 2.34. The lowest BCUT2D eigenvalue weighted by molar-refractivity contribution is -0.0331. The Labute approximate surface area is 149 Å². The van der Waals surface area contributed by atoms with E-state index >= 15 is 0 Å². The highest BCUT2D eigenvalue weighted by molar-refractivity contribution is 5.14. The summed E-state index contributed by atoms with van der Waals surface area (Å²) in [7, 11) is 0. The fourth-order valence-electron chi connectivity index (χ4n) is 3.89. The van der Waals surface area contributed by atoms with Crippen molar-refractivity contribution in [2.24, 2.45) is 0 Å².